The normalized spacial score (nSPS) is 26.6. The van der Waals surface area contributed by atoms with Gasteiger partial charge in [0.1, 0.15) is 0 Å². The first-order valence-electron chi connectivity index (χ1n) is 4.57. The molecule has 1 aromatic carbocycles. The summed E-state index contributed by atoms with van der Waals surface area (Å²) in [4.78, 5) is 0. The van der Waals surface area contributed by atoms with E-state index in [1.54, 1.807) is 11.1 Å². The maximum Gasteiger partial charge on any atom is 0.482 e. The Balaban J connectivity index is 0.000000196. The Bertz CT molecular complexity index is 272. The summed E-state index contributed by atoms with van der Waals surface area (Å²) in [5.41, 5.74) is 3.28. The first-order valence-corrected chi connectivity index (χ1v) is 4.57. The van der Waals surface area contributed by atoms with Gasteiger partial charge in [-0.15, -0.1) is 0 Å². The molecule has 2 N–H and O–H groups in total. The van der Waals surface area contributed by atoms with Crippen molar-refractivity contribution in [1.29, 1.82) is 0 Å². The Labute approximate surface area is 78.5 Å². The van der Waals surface area contributed by atoms with Crippen molar-refractivity contribution in [1.82, 2.24) is 0 Å². The lowest BCUT2D eigenvalue weighted by Gasteiger charge is -2.48. The molecule has 1 aromatic rings. The van der Waals surface area contributed by atoms with E-state index < -0.39 is 0 Å². The molecule has 3 rings (SSSR count). The van der Waals surface area contributed by atoms with Crippen LogP contribution in [0.2, 0.25) is 0 Å². The average Bonchev–Trinajstić information content (AvgIpc) is 2.07. The molecular formula is C10H12BO2. The van der Waals surface area contributed by atoms with Gasteiger partial charge in [-0.05, 0) is 35.8 Å². The lowest BCUT2D eigenvalue weighted by Crippen LogP contribution is -2.32. The number of benzene rings is 1. The Kier molecular flexibility index (Phi) is 2.38. The summed E-state index contributed by atoms with van der Waals surface area (Å²) in [5, 5.41) is 14.0. The third-order valence-electron chi connectivity index (χ3n) is 3.07. The number of fused-ring (bicyclic) bond motifs is 4. The van der Waals surface area contributed by atoms with Crippen molar-refractivity contribution in [3.8, 4) is 0 Å². The quantitative estimate of drug-likeness (QED) is 0.581. The van der Waals surface area contributed by atoms with Gasteiger partial charge in [-0.3, -0.25) is 0 Å². The van der Waals surface area contributed by atoms with Crippen LogP contribution in [0.4, 0.5) is 0 Å². The van der Waals surface area contributed by atoms with E-state index in [9.17, 15) is 0 Å². The smallest absolute Gasteiger partial charge is 0.429 e. The van der Waals surface area contributed by atoms with Gasteiger partial charge in [-0.25, -0.2) is 0 Å². The molecular weight excluding hydrogens is 163 g/mol. The fourth-order valence-electron chi connectivity index (χ4n) is 2.33. The third kappa shape index (κ3) is 1.28. The van der Waals surface area contributed by atoms with Crippen LogP contribution in [0.1, 0.15) is 35.8 Å². The average molecular weight is 175 g/mol. The van der Waals surface area contributed by atoms with Gasteiger partial charge in [0.05, 0.1) is 0 Å². The second-order valence-electron chi connectivity index (χ2n) is 3.53. The van der Waals surface area contributed by atoms with Gasteiger partial charge in [-0.1, -0.05) is 24.3 Å². The Morgan fingerprint density at radius 1 is 1.00 bits per heavy atom. The van der Waals surface area contributed by atoms with E-state index in [0.717, 1.165) is 11.8 Å². The van der Waals surface area contributed by atoms with Gasteiger partial charge in [-0.2, -0.15) is 0 Å². The molecule has 67 valence electrons. The maximum absolute atomic E-state index is 7.00. The molecule has 0 bridgehead atoms. The highest BCUT2D eigenvalue weighted by molar-refractivity contribution is 6.13. The highest BCUT2D eigenvalue weighted by Crippen LogP contribution is 2.59. The minimum Gasteiger partial charge on any atom is -0.429 e. The topological polar surface area (TPSA) is 40.5 Å². The lowest BCUT2D eigenvalue weighted by molar-refractivity contribution is 0.294. The third-order valence-corrected chi connectivity index (χ3v) is 3.07. The molecule has 2 atom stereocenters. The highest BCUT2D eigenvalue weighted by atomic mass is 16.4. The van der Waals surface area contributed by atoms with Crippen LogP contribution in [0.15, 0.2) is 24.3 Å². The fraction of sp³-hybridized carbons (Fsp3) is 0.400. The molecule has 3 heteroatoms. The van der Waals surface area contributed by atoms with Gasteiger partial charge in [0.15, 0.2) is 0 Å². The van der Waals surface area contributed by atoms with E-state index in [4.69, 9.17) is 10.0 Å². The summed E-state index contributed by atoms with van der Waals surface area (Å²) in [5.74, 6) is 1.94. The zero-order valence-corrected chi connectivity index (χ0v) is 7.35. The SMILES string of the molecule is O[B]O.c1ccc2c(c1)C1CCC21. The number of hydrogen-bond acceptors (Lipinski definition) is 2. The van der Waals surface area contributed by atoms with E-state index in [1.807, 2.05) is 0 Å². The van der Waals surface area contributed by atoms with Crippen molar-refractivity contribution in [2.45, 2.75) is 24.7 Å². The molecule has 0 aliphatic heterocycles. The second kappa shape index (κ2) is 3.52. The minimum atomic E-state index is 0. The Morgan fingerprint density at radius 2 is 1.38 bits per heavy atom. The van der Waals surface area contributed by atoms with Crippen molar-refractivity contribution in [3.05, 3.63) is 35.4 Å². The van der Waals surface area contributed by atoms with Crippen molar-refractivity contribution in [2.24, 2.45) is 0 Å². The fourth-order valence-corrected chi connectivity index (χ4v) is 2.33. The summed E-state index contributed by atoms with van der Waals surface area (Å²) >= 11 is 0. The predicted molar refractivity (Wildman–Crippen MR) is 51.3 cm³/mol. The molecule has 0 aromatic heterocycles. The zero-order valence-electron chi connectivity index (χ0n) is 7.35. The van der Waals surface area contributed by atoms with E-state index in [-0.39, 0.29) is 7.69 Å². The van der Waals surface area contributed by atoms with Crippen LogP contribution in [0.3, 0.4) is 0 Å². The second-order valence-corrected chi connectivity index (χ2v) is 3.53. The summed E-state index contributed by atoms with van der Waals surface area (Å²) in [7, 11) is 0. The molecule has 2 unspecified atom stereocenters. The molecule has 13 heavy (non-hydrogen) atoms. The van der Waals surface area contributed by atoms with Crippen molar-refractivity contribution >= 4 is 7.69 Å². The Hall–Kier alpha value is -0.795. The first-order chi connectivity index (χ1) is 6.38. The summed E-state index contributed by atoms with van der Waals surface area (Å²) in [6, 6.07) is 8.89. The summed E-state index contributed by atoms with van der Waals surface area (Å²) in [6.07, 6.45) is 2.89. The van der Waals surface area contributed by atoms with Crippen molar-refractivity contribution in [2.75, 3.05) is 0 Å². The zero-order chi connectivity index (χ0) is 9.26. The van der Waals surface area contributed by atoms with E-state index >= 15 is 0 Å². The van der Waals surface area contributed by atoms with Crippen LogP contribution >= 0.6 is 0 Å². The molecule has 1 fully saturated rings. The lowest BCUT2D eigenvalue weighted by atomic mass is 9.56. The van der Waals surface area contributed by atoms with Crippen molar-refractivity contribution in [3.63, 3.8) is 0 Å². The van der Waals surface area contributed by atoms with Crippen LogP contribution in [0.5, 0.6) is 0 Å². The molecule has 0 spiro atoms. The van der Waals surface area contributed by atoms with E-state index in [2.05, 4.69) is 24.3 Å². The Morgan fingerprint density at radius 3 is 1.69 bits per heavy atom. The minimum absolute atomic E-state index is 0. The first kappa shape index (κ1) is 8.79. The molecule has 0 amide bonds. The van der Waals surface area contributed by atoms with E-state index in [1.165, 1.54) is 12.8 Å². The molecule has 0 heterocycles. The van der Waals surface area contributed by atoms with Crippen LogP contribution in [-0.4, -0.2) is 17.7 Å². The molecule has 2 aliphatic rings. The standard InChI is InChI=1S/C10H10.BH2O2/c1-2-4-8-7(3-1)9-5-6-10(8)9;2-1-3/h1-4,9-10H,5-6H2;2-3H. The molecule has 2 nitrogen and oxygen atoms in total. The molecule has 2 aliphatic carbocycles. The van der Waals surface area contributed by atoms with Gasteiger partial charge in [0.25, 0.3) is 0 Å². The maximum atomic E-state index is 7.00. The molecule has 0 saturated heterocycles. The van der Waals surface area contributed by atoms with Gasteiger partial charge >= 0.3 is 7.69 Å². The van der Waals surface area contributed by atoms with Crippen LogP contribution in [0, 0.1) is 0 Å². The number of hydrogen-bond donors (Lipinski definition) is 2. The largest absolute Gasteiger partial charge is 0.482 e. The summed E-state index contributed by atoms with van der Waals surface area (Å²) < 4.78 is 0. The van der Waals surface area contributed by atoms with Crippen LogP contribution in [0.25, 0.3) is 0 Å². The van der Waals surface area contributed by atoms with E-state index in [0.29, 0.717) is 0 Å². The molecule has 1 radical (unpaired) electrons. The number of rotatable bonds is 0. The van der Waals surface area contributed by atoms with Gasteiger partial charge in [0.2, 0.25) is 0 Å². The molecule has 1 saturated carbocycles. The summed E-state index contributed by atoms with van der Waals surface area (Å²) in [6.45, 7) is 0. The van der Waals surface area contributed by atoms with Crippen LogP contribution < -0.4 is 0 Å². The predicted octanol–water partition coefficient (Wildman–Crippen LogP) is 1.17. The van der Waals surface area contributed by atoms with Gasteiger partial charge in [0, 0.05) is 0 Å². The monoisotopic (exact) mass is 175 g/mol. The van der Waals surface area contributed by atoms with Gasteiger partial charge < -0.3 is 10.0 Å². The highest BCUT2D eigenvalue weighted by Gasteiger charge is 2.43. The van der Waals surface area contributed by atoms with Crippen molar-refractivity contribution < 1.29 is 10.0 Å². The van der Waals surface area contributed by atoms with Crippen LogP contribution in [-0.2, 0) is 0 Å².